The van der Waals surface area contributed by atoms with Gasteiger partial charge in [0.05, 0.1) is 0 Å². The molecule has 0 spiro atoms. The minimum Gasteiger partial charge on any atom is -0.348 e. The van der Waals surface area contributed by atoms with E-state index >= 15 is 0 Å². The Morgan fingerprint density at radius 1 is 1.15 bits per heavy atom. The minimum atomic E-state index is -0.497. The first-order valence-electron chi connectivity index (χ1n) is 8.27. The van der Waals surface area contributed by atoms with Gasteiger partial charge in [0.2, 0.25) is 0 Å². The quantitative estimate of drug-likeness (QED) is 0.789. The molecule has 2 aromatic rings. The number of hydrogen-bond acceptors (Lipinski definition) is 2. The monoisotopic (exact) mass is 378 g/mol. The first-order valence-corrected chi connectivity index (χ1v) is 8.27. The molecular weight excluding hydrogens is 358 g/mol. The molecule has 0 aromatic heterocycles. The zero-order valence-electron chi connectivity index (χ0n) is 14.4. The van der Waals surface area contributed by atoms with E-state index in [1.165, 1.54) is 23.8 Å². The lowest BCUT2D eigenvalue weighted by molar-refractivity contribution is 0.0956. The molecule has 0 bridgehead atoms. The van der Waals surface area contributed by atoms with Gasteiger partial charge in [-0.25, -0.2) is 8.78 Å². The van der Waals surface area contributed by atoms with E-state index in [4.69, 9.17) is 0 Å². The van der Waals surface area contributed by atoms with Crippen molar-refractivity contribution in [2.75, 3.05) is 19.6 Å². The van der Waals surface area contributed by atoms with Gasteiger partial charge in [-0.2, -0.15) is 0 Å². The van der Waals surface area contributed by atoms with Crippen LogP contribution in [0.15, 0.2) is 48.0 Å². The molecule has 0 radical (unpaired) electrons. The van der Waals surface area contributed by atoms with E-state index in [-0.39, 0.29) is 29.7 Å². The predicted octanol–water partition coefficient (Wildman–Crippen LogP) is 4.01. The SMILES string of the molecule is Cc1cc(F)ccc1-c1ccc(C(=O)NCC2=CCNCC2)cc1F.Cl. The summed E-state index contributed by atoms with van der Waals surface area (Å²) in [7, 11) is 0. The molecule has 0 atom stereocenters. The average Bonchev–Trinajstić information content (AvgIpc) is 2.61. The molecule has 0 aliphatic carbocycles. The Bertz CT molecular complexity index is 837. The average molecular weight is 379 g/mol. The van der Waals surface area contributed by atoms with Crippen LogP contribution in [0, 0.1) is 18.6 Å². The van der Waals surface area contributed by atoms with E-state index < -0.39 is 5.82 Å². The molecule has 0 saturated carbocycles. The topological polar surface area (TPSA) is 41.1 Å². The number of benzene rings is 2. The van der Waals surface area contributed by atoms with Crippen LogP contribution in [0.25, 0.3) is 11.1 Å². The van der Waals surface area contributed by atoms with Crippen molar-refractivity contribution in [3.8, 4) is 11.1 Å². The maximum atomic E-state index is 14.5. The van der Waals surface area contributed by atoms with Gasteiger partial charge in [-0.15, -0.1) is 12.4 Å². The van der Waals surface area contributed by atoms with Gasteiger partial charge in [0.15, 0.2) is 0 Å². The van der Waals surface area contributed by atoms with E-state index in [0.29, 0.717) is 23.2 Å². The van der Waals surface area contributed by atoms with Crippen molar-refractivity contribution in [1.82, 2.24) is 10.6 Å². The van der Waals surface area contributed by atoms with Crippen LogP contribution < -0.4 is 10.6 Å². The van der Waals surface area contributed by atoms with Crippen LogP contribution in [0.3, 0.4) is 0 Å². The van der Waals surface area contributed by atoms with Gasteiger partial charge in [0.1, 0.15) is 11.6 Å². The van der Waals surface area contributed by atoms with Crippen LogP contribution >= 0.6 is 12.4 Å². The number of carbonyl (C=O) groups excluding carboxylic acids is 1. The highest BCUT2D eigenvalue weighted by molar-refractivity contribution is 5.95. The van der Waals surface area contributed by atoms with Crippen LogP contribution in [0.1, 0.15) is 22.3 Å². The van der Waals surface area contributed by atoms with Crippen LogP contribution in [-0.4, -0.2) is 25.5 Å². The Kier molecular flexibility index (Phi) is 6.89. The zero-order valence-corrected chi connectivity index (χ0v) is 15.3. The van der Waals surface area contributed by atoms with Gasteiger partial charge < -0.3 is 10.6 Å². The Labute approximate surface area is 157 Å². The Morgan fingerprint density at radius 2 is 1.92 bits per heavy atom. The summed E-state index contributed by atoms with van der Waals surface area (Å²) in [4.78, 5) is 12.2. The first kappa shape index (κ1) is 20.1. The van der Waals surface area contributed by atoms with Gasteiger partial charge in [0.25, 0.3) is 5.91 Å². The number of halogens is 3. The fraction of sp³-hybridized carbons (Fsp3) is 0.250. The normalized spacial score (nSPS) is 13.6. The Morgan fingerprint density at radius 3 is 2.58 bits per heavy atom. The predicted molar refractivity (Wildman–Crippen MR) is 102 cm³/mol. The lowest BCUT2D eigenvalue weighted by Crippen LogP contribution is -2.29. The van der Waals surface area contributed by atoms with Crippen molar-refractivity contribution in [3.05, 3.63) is 70.8 Å². The number of carbonyl (C=O) groups is 1. The summed E-state index contributed by atoms with van der Waals surface area (Å²) >= 11 is 0. The number of aryl methyl sites for hydroxylation is 1. The molecule has 2 aromatic carbocycles. The maximum Gasteiger partial charge on any atom is 0.251 e. The second-order valence-corrected chi connectivity index (χ2v) is 6.15. The highest BCUT2D eigenvalue weighted by atomic mass is 35.5. The molecule has 1 amide bonds. The van der Waals surface area contributed by atoms with Crippen molar-refractivity contribution in [1.29, 1.82) is 0 Å². The lowest BCUT2D eigenvalue weighted by Gasteiger charge is -2.15. The molecule has 0 saturated heterocycles. The molecule has 26 heavy (non-hydrogen) atoms. The summed E-state index contributed by atoms with van der Waals surface area (Å²) in [6, 6.07) is 8.59. The van der Waals surface area contributed by atoms with Crippen LogP contribution in [-0.2, 0) is 0 Å². The molecule has 0 unspecified atom stereocenters. The molecule has 1 heterocycles. The standard InChI is InChI=1S/C20H20F2N2O.ClH/c1-13-10-16(21)3-5-17(13)18-4-2-15(11-19(18)22)20(25)24-12-14-6-8-23-9-7-14;/h2-6,10-11,23H,7-9,12H2,1H3,(H,24,25);1H. The highest BCUT2D eigenvalue weighted by Gasteiger charge is 2.13. The third kappa shape index (κ3) is 4.68. The molecule has 3 nitrogen and oxygen atoms in total. The van der Waals surface area contributed by atoms with Crippen molar-refractivity contribution in [3.63, 3.8) is 0 Å². The molecule has 0 fully saturated rings. The van der Waals surface area contributed by atoms with Gasteiger partial charge >= 0.3 is 0 Å². The largest absolute Gasteiger partial charge is 0.348 e. The zero-order chi connectivity index (χ0) is 17.8. The van der Waals surface area contributed by atoms with E-state index in [0.717, 1.165) is 19.5 Å². The molecule has 1 aliphatic heterocycles. The van der Waals surface area contributed by atoms with E-state index in [2.05, 4.69) is 16.7 Å². The van der Waals surface area contributed by atoms with Gasteiger partial charge in [-0.1, -0.05) is 23.8 Å². The first-order chi connectivity index (χ1) is 12.0. The number of hydrogen-bond donors (Lipinski definition) is 2. The summed E-state index contributed by atoms with van der Waals surface area (Å²) in [5.41, 5.74) is 3.07. The summed E-state index contributed by atoms with van der Waals surface area (Å²) in [6.07, 6.45) is 2.96. The van der Waals surface area contributed by atoms with Gasteiger partial charge in [0, 0.05) is 24.2 Å². The minimum absolute atomic E-state index is 0. The van der Waals surface area contributed by atoms with Crippen molar-refractivity contribution in [2.24, 2.45) is 0 Å². The smallest absolute Gasteiger partial charge is 0.251 e. The molecule has 3 rings (SSSR count). The number of amides is 1. The van der Waals surface area contributed by atoms with Crippen molar-refractivity contribution >= 4 is 18.3 Å². The van der Waals surface area contributed by atoms with E-state index in [9.17, 15) is 13.6 Å². The van der Waals surface area contributed by atoms with Crippen LogP contribution in [0.2, 0.25) is 0 Å². The van der Waals surface area contributed by atoms with E-state index in [1.54, 1.807) is 25.1 Å². The molecular formula is C20H21ClF2N2O. The third-order valence-corrected chi connectivity index (χ3v) is 4.34. The second kappa shape index (κ2) is 8.92. The fourth-order valence-corrected chi connectivity index (χ4v) is 2.93. The lowest BCUT2D eigenvalue weighted by atomic mass is 9.98. The van der Waals surface area contributed by atoms with Gasteiger partial charge in [-0.05, 0) is 55.3 Å². The van der Waals surface area contributed by atoms with Crippen LogP contribution in [0.4, 0.5) is 8.78 Å². The third-order valence-electron chi connectivity index (χ3n) is 4.34. The molecule has 138 valence electrons. The van der Waals surface area contributed by atoms with Crippen molar-refractivity contribution in [2.45, 2.75) is 13.3 Å². The summed E-state index contributed by atoms with van der Waals surface area (Å²) in [5.74, 6) is -1.16. The Balaban J connectivity index is 0.00000243. The number of nitrogens with one attached hydrogen (secondary N) is 2. The molecule has 6 heteroatoms. The summed E-state index contributed by atoms with van der Waals surface area (Å²) < 4.78 is 27.7. The van der Waals surface area contributed by atoms with Crippen molar-refractivity contribution < 1.29 is 13.6 Å². The second-order valence-electron chi connectivity index (χ2n) is 6.15. The van der Waals surface area contributed by atoms with E-state index in [1.807, 2.05) is 0 Å². The molecule has 2 N–H and O–H groups in total. The van der Waals surface area contributed by atoms with Gasteiger partial charge in [-0.3, -0.25) is 4.79 Å². The summed E-state index contributed by atoms with van der Waals surface area (Å²) in [6.45, 7) is 3.92. The Hall–Kier alpha value is -2.24. The highest BCUT2D eigenvalue weighted by Crippen LogP contribution is 2.27. The summed E-state index contributed by atoms with van der Waals surface area (Å²) in [5, 5.41) is 6.03. The molecule has 1 aliphatic rings. The van der Waals surface area contributed by atoms with Crippen LogP contribution in [0.5, 0.6) is 0 Å². The fourth-order valence-electron chi connectivity index (χ4n) is 2.93. The maximum absolute atomic E-state index is 14.5. The number of rotatable bonds is 4.